The van der Waals surface area contributed by atoms with Gasteiger partial charge in [-0.3, -0.25) is 24.1 Å². The molecule has 210 valence electrons. The van der Waals surface area contributed by atoms with Crippen molar-refractivity contribution in [3.05, 3.63) is 72.1 Å². The van der Waals surface area contributed by atoms with E-state index in [1.807, 2.05) is 59.3 Å². The van der Waals surface area contributed by atoms with Crippen LogP contribution in [0.4, 0.5) is 0 Å². The third-order valence-corrected chi connectivity index (χ3v) is 7.72. The molecule has 4 heterocycles. The molecule has 41 heavy (non-hydrogen) atoms. The van der Waals surface area contributed by atoms with Crippen molar-refractivity contribution in [1.29, 1.82) is 0 Å². The lowest BCUT2D eigenvalue weighted by molar-refractivity contribution is -0.214. The van der Waals surface area contributed by atoms with E-state index >= 15 is 0 Å². The minimum atomic E-state index is -0.771. The minimum Gasteiger partial charge on any atom is -0.458 e. The highest BCUT2D eigenvalue weighted by atomic mass is 16.6. The Balaban J connectivity index is 1.51. The summed E-state index contributed by atoms with van der Waals surface area (Å²) in [6.45, 7) is 4.36. The summed E-state index contributed by atoms with van der Waals surface area (Å²) in [6, 6.07) is 15.2. The lowest BCUT2D eigenvalue weighted by atomic mass is 9.95. The van der Waals surface area contributed by atoms with E-state index in [9.17, 15) is 19.2 Å². The number of rotatable bonds is 5. The predicted octanol–water partition coefficient (Wildman–Crippen LogP) is 4.20. The third-order valence-electron chi connectivity index (χ3n) is 7.72. The molecule has 4 aromatic rings. The number of H-pyrrole nitrogens is 1. The van der Waals surface area contributed by atoms with Crippen LogP contribution in [0.2, 0.25) is 0 Å². The Kier molecular flexibility index (Phi) is 6.50. The van der Waals surface area contributed by atoms with Gasteiger partial charge in [-0.25, -0.2) is 0 Å². The number of aromatic amines is 1. The van der Waals surface area contributed by atoms with Crippen LogP contribution in [0.5, 0.6) is 0 Å². The van der Waals surface area contributed by atoms with Crippen LogP contribution in [-0.4, -0.2) is 63.6 Å². The minimum absolute atomic E-state index is 0.209. The van der Waals surface area contributed by atoms with E-state index in [0.717, 1.165) is 26.7 Å². The van der Waals surface area contributed by atoms with E-state index in [-0.39, 0.29) is 12.3 Å². The molecule has 2 amide bonds. The van der Waals surface area contributed by atoms with Gasteiger partial charge in [-0.05, 0) is 19.1 Å². The number of likely N-dealkylation sites (N-methyl/N-ethyl adjacent to an activating group) is 1. The third kappa shape index (κ3) is 4.40. The van der Waals surface area contributed by atoms with E-state index in [2.05, 4.69) is 4.98 Å². The second-order valence-corrected chi connectivity index (χ2v) is 10.4. The zero-order valence-electron chi connectivity index (χ0n) is 23.0. The Morgan fingerprint density at radius 1 is 0.902 bits per heavy atom. The summed E-state index contributed by atoms with van der Waals surface area (Å²) in [6.07, 6.45) is 1.07. The number of amides is 2. The number of ether oxygens (including phenoxy) is 3. The van der Waals surface area contributed by atoms with Crippen LogP contribution < -0.4 is 0 Å². The van der Waals surface area contributed by atoms with Crippen molar-refractivity contribution >= 4 is 56.7 Å². The highest BCUT2D eigenvalue weighted by Crippen LogP contribution is 2.42. The van der Waals surface area contributed by atoms with Gasteiger partial charge < -0.3 is 23.8 Å². The molecule has 6 rings (SSSR count). The molecule has 1 N–H and O–H groups in total. The Bertz CT molecular complexity index is 1760. The molecule has 2 aromatic heterocycles. The second-order valence-electron chi connectivity index (χ2n) is 10.4. The van der Waals surface area contributed by atoms with Crippen molar-refractivity contribution in [2.75, 3.05) is 7.05 Å². The summed E-state index contributed by atoms with van der Waals surface area (Å²) in [5, 5.41) is 1.60. The first kappa shape index (κ1) is 26.5. The molecule has 4 atom stereocenters. The molecule has 2 aliphatic heterocycles. The number of benzene rings is 2. The maximum atomic E-state index is 13.6. The standard InChI is InChI=1S/C31H29N3O7/c1-16-29(41-18(3)36)25(40-17(2)35)13-26(39-16)34-15-22(20-10-6-8-12-24(20)34)28-27(30(37)33(4)31(28)38)21-14-32-23-11-7-5-9-19(21)23/h5-12,14-16,25-26,29,32H,13H2,1-4H3/t16-,25-,26-,29-/m0/s1. The van der Waals surface area contributed by atoms with Gasteiger partial charge >= 0.3 is 11.9 Å². The maximum absolute atomic E-state index is 13.6. The second kappa shape index (κ2) is 10.0. The normalized spacial score (nSPS) is 23.1. The van der Waals surface area contributed by atoms with Gasteiger partial charge in [-0.1, -0.05) is 36.4 Å². The van der Waals surface area contributed by atoms with Gasteiger partial charge in [-0.15, -0.1) is 0 Å². The van der Waals surface area contributed by atoms with Crippen LogP contribution in [-0.2, 0) is 33.4 Å². The predicted molar refractivity (Wildman–Crippen MR) is 150 cm³/mol. The number of imide groups is 1. The number of esters is 2. The van der Waals surface area contributed by atoms with E-state index < -0.39 is 42.4 Å². The van der Waals surface area contributed by atoms with Crippen molar-refractivity contribution in [2.45, 2.75) is 51.7 Å². The quantitative estimate of drug-likeness (QED) is 0.289. The number of aromatic nitrogens is 2. The number of nitrogens with zero attached hydrogens (tertiary/aromatic N) is 2. The highest BCUT2D eigenvalue weighted by Gasteiger charge is 2.43. The summed E-state index contributed by atoms with van der Waals surface area (Å²) in [5.41, 5.74) is 3.49. The van der Waals surface area contributed by atoms with Gasteiger partial charge in [0.1, 0.15) is 12.3 Å². The Hall–Kier alpha value is -4.70. The molecule has 2 aromatic carbocycles. The molecule has 0 spiro atoms. The van der Waals surface area contributed by atoms with Gasteiger partial charge in [0.05, 0.1) is 22.8 Å². The van der Waals surface area contributed by atoms with Crippen molar-refractivity contribution in [3.63, 3.8) is 0 Å². The lowest BCUT2D eigenvalue weighted by Gasteiger charge is -2.39. The molecule has 0 saturated carbocycles. The summed E-state index contributed by atoms with van der Waals surface area (Å²) in [4.78, 5) is 55.2. The van der Waals surface area contributed by atoms with Crippen LogP contribution in [0.1, 0.15) is 44.5 Å². The molecule has 1 saturated heterocycles. The van der Waals surface area contributed by atoms with Crippen LogP contribution in [0.3, 0.4) is 0 Å². The molecule has 10 heteroatoms. The zero-order valence-corrected chi connectivity index (χ0v) is 23.0. The summed E-state index contributed by atoms with van der Waals surface area (Å²) in [5.74, 6) is -1.78. The number of fused-ring (bicyclic) bond motifs is 2. The highest BCUT2D eigenvalue weighted by molar-refractivity contribution is 6.50. The fourth-order valence-corrected chi connectivity index (χ4v) is 5.95. The number of para-hydroxylation sites is 2. The number of hydrogen-bond acceptors (Lipinski definition) is 7. The lowest BCUT2D eigenvalue weighted by Crippen LogP contribution is -2.49. The topological polar surface area (TPSA) is 120 Å². The smallest absolute Gasteiger partial charge is 0.303 e. The summed E-state index contributed by atoms with van der Waals surface area (Å²) in [7, 11) is 1.48. The fraction of sp³-hybridized carbons (Fsp3) is 0.290. The number of hydrogen-bond donors (Lipinski definition) is 1. The molecular formula is C31H29N3O7. The average Bonchev–Trinajstić information content (AvgIpc) is 3.59. The number of carbonyl (C=O) groups is 4. The average molecular weight is 556 g/mol. The Labute approximate surface area is 235 Å². The van der Waals surface area contributed by atoms with Gasteiger partial charge in [-0.2, -0.15) is 0 Å². The van der Waals surface area contributed by atoms with E-state index in [4.69, 9.17) is 14.2 Å². The summed E-state index contributed by atoms with van der Waals surface area (Å²) < 4.78 is 19.2. The number of carbonyl (C=O) groups excluding carboxylic acids is 4. The van der Waals surface area contributed by atoms with Gasteiger partial charge in [0, 0.05) is 67.1 Å². The first-order valence-corrected chi connectivity index (χ1v) is 13.4. The SMILES string of the molecule is CC(=O)O[C@H]1[C@H](C)O[C@H](n2cc(C3=C(c4c[nH]c5ccccc45)C(=O)N(C)C3=O)c3ccccc32)C[C@@H]1OC(C)=O. The fourth-order valence-electron chi connectivity index (χ4n) is 5.95. The van der Waals surface area contributed by atoms with Crippen molar-refractivity contribution < 1.29 is 33.4 Å². The molecule has 0 aliphatic carbocycles. The van der Waals surface area contributed by atoms with E-state index in [0.29, 0.717) is 22.3 Å². The molecule has 2 aliphatic rings. The number of nitrogens with one attached hydrogen (secondary N) is 1. The zero-order chi connectivity index (χ0) is 29.0. The molecular weight excluding hydrogens is 526 g/mol. The largest absolute Gasteiger partial charge is 0.458 e. The molecule has 0 radical (unpaired) electrons. The van der Waals surface area contributed by atoms with Gasteiger partial charge in [0.2, 0.25) is 0 Å². The first-order chi connectivity index (χ1) is 19.7. The van der Waals surface area contributed by atoms with Crippen LogP contribution >= 0.6 is 0 Å². The van der Waals surface area contributed by atoms with Crippen LogP contribution in [0.25, 0.3) is 33.0 Å². The van der Waals surface area contributed by atoms with Gasteiger partial charge in [0.15, 0.2) is 6.10 Å². The van der Waals surface area contributed by atoms with Crippen molar-refractivity contribution in [1.82, 2.24) is 14.5 Å². The Morgan fingerprint density at radius 2 is 1.54 bits per heavy atom. The monoisotopic (exact) mass is 555 g/mol. The van der Waals surface area contributed by atoms with Gasteiger partial charge in [0.25, 0.3) is 11.8 Å². The van der Waals surface area contributed by atoms with Crippen molar-refractivity contribution in [3.8, 4) is 0 Å². The van der Waals surface area contributed by atoms with E-state index in [1.54, 1.807) is 13.1 Å². The molecule has 1 fully saturated rings. The molecule has 0 bridgehead atoms. The molecule has 0 unspecified atom stereocenters. The first-order valence-electron chi connectivity index (χ1n) is 13.4. The summed E-state index contributed by atoms with van der Waals surface area (Å²) >= 11 is 0. The maximum Gasteiger partial charge on any atom is 0.303 e. The van der Waals surface area contributed by atoms with Crippen molar-refractivity contribution in [2.24, 2.45) is 0 Å². The van der Waals surface area contributed by atoms with E-state index in [1.165, 1.54) is 20.9 Å². The van der Waals surface area contributed by atoms with Crippen LogP contribution in [0.15, 0.2) is 60.9 Å². The van der Waals surface area contributed by atoms with Crippen LogP contribution in [0, 0.1) is 0 Å². The molecule has 10 nitrogen and oxygen atoms in total. The Morgan fingerprint density at radius 3 is 2.24 bits per heavy atom.